The van der Waals surface area contributed by atoms with Crippen molar-refractivity contribution >= 4 is 56.4 Å². The number of amides is 2. The topological polar surface area (TPSA) is 52.7 Å². The summed E-state index contributed by atoms with van der Waals surface area (Å²) < 4.78 is 0.834. The Labute approximate surface area is 166 Å². The quantitative estimate of drug-likeness (QED) is 0.783. The van der Waals surface area contributed by atoms with Crippen molar-refractivity contribution in [3.8, 4) is 0 Å². The molecule has 136 valence electrons. The molecule has 0 bridgehead atoms. The Kier molecular flexibility index (Phi) is 5.53. The van der Waals surface area contributed by atoms with Crippen molar-refractivity contribution in [2.45, 2.75) is 6.42 Å². The minimum absolute atomic E-state index is 0.0574. The molecule has 2 aromatic rings. The second-order valence-corrected chi connectivity index (χ2v) is 7.67. The third kappa shape index (κ3) is 3.86. The Morgan fingerprint density at radius 3 is 2.65 bits per heavy atom. The molecule has 0 radical (unpaired) electrons. The van der Waals surface area contributed by atoms with Crippen LogP contribution >= 0.6 is 27.5 Å². The molecule has 0 aliphatic carbocycles. The minimum atomic E-state index is -0.401. The summed E-state index contributed by atoms with van der Waals surface area (Å²) in [6.45, 7) is 0.358. The highest BCUT2D eigenvalue weighted by Gasteiger charge is 2.35. The molecule has 5 nitrogen and oxygen atoms in total. The Balaban J connectivity index is 1.71. The zero-order chi connectivity index (χ0) is 18.8. The van der Waals surface area contributed by atoms with E-state index in [1.165, 1.54) is 0 Å². The number of anilines is 3. The van der Waals surface area contributed by atoms with Crippen LogP contribution in [-0.4, -0.2) is 32.5 Å². The second-order valence-electron chi connectivity index (χ2n) is 6.41. The first-order valence-corrected chi connectivity index (χ1v) is 9.36. The highest BCUT2D eigenvalue weighted by molar-refractivity contribution is 9.10. The number of hydrogen-bond acceptors (Lipinski definition) is 3. The van der Waals surface area contributed by atoms with Crippen LogP contribution in [0, 0.1) is 5.92 Å². The largest absolute Gasteiger partial charge is 0.376 e. The minimum Gasteiger partial charge on any atom is -0.376 e. The van der Waals surface area contributed by atoms with Crippen LogP contribution in [-0.2, 0) is 9.59 Å². The normalized spacial score (nSPS) is 16.7. The van der Waals surface area contributed by atoms with E-state index in [-0.39, 0.29) is 18.2 Å². The molecule has 26 heavy (non-hydrogen) atoms. The average molecular weight is 437 g/mol. The van der Waals surface area contributed by atoms with Gasteiger partial charge in [-0.15, -0.1) is 0 Å². The molecule has 1 saturated heterocycles. The highest BCUT2D eigenvalue weighted by atomic mass is 79.9. The molecule has 1 fully saturated rings. The number of hydrogen-bond donors (Lipinski definition) is 1. The van der Waals surface area contributed by atoms with Gasteiger partial charge < -0.3 is 15.1 Å². The van der Waals surface area contributed by atoms with Gasteiger partial charge in [0.2, 0.25) is 11.8 Å². The molecule has 1 aliphatic rings. The third-order valence-electron chi connectivity index (χ3n) is 4.34. The van der Waals surface area contributed by atoms with Crippen LogP contribution in [0.4, 0.5) is 17.1 Å². The van der Waals surface area contributed by atoms with Crippen LogP contribution in [0.2, 0.25) is 5.02 Å². The Hall–Kier alpha value is -2.05. The van der Waals surface area contributed by atoms with E-state index in [1.807, 2.05) is 49.3 Å². The van der Waals surface area contributed by atoms with Crippen LogP contribution in [0.3, 0.4) is 0 Å². The molecule has 7 heteroatoms. The summed E-state index contributed by atoms with van der Waals surface area (Å²) in [5.74, 6) is -0.637. The molecule has 2 amide bonds. The van der Waals surface area contributed by atoms with E-state index in [1.54, 1.807) is 17.0 Å². The Morgan fingerprint density at radius 2 is 2.00 bits per heavy atom. The van der Waals surface area contributed by atoms with Gasteiger partial charge in [0.15, 0.2) is 0 Å². The maximum absolute atomic E-state index is 12.6. The van der Waals surface area contributed by atoms with Crippen LogP contribution in [0.1, 0.15) is 6.42 Å². The average Bonchev–Trinajstić information content (AvgIpc) is 2.97. The summed E-state index contributed by atoms with van der Waals surface area (Å²) in [5.41, 5.74) is 2.28. The van der Waals surface area contributed by atoms with Crippen molar-refractivity contribution in [1.82, 2.24) is 0 Å². The molecule has 2 aromatic carbocycles. The molecule has 0 aromatic heterocycles. The summed E-state index contributed by atoms with van der Waals surface area (Å²) in [6, 6.07) is 12.9. The summed E-state index contributed by atoms with van der Waals surface area (Å²) in [4.78, 5) is 28.5. The van der Waals surface area contributed by atoms with Crippen molar-refractivity contribution < 1.29 is 9.59 Å². The van der Waals surface area contributed by atoms with Crippen LogP contribution in [0.15, 0.2) is 46.9 Å². The van der Waals surface area contributed by atoms with E-state index in [4.69, 9.17) is 11.6 Å². The van der Waals surface area contributed by atoms with Gasteiger partial charge in [0.05, 0.1) is 22.3 Å². The van der Waals surface area contributed by atoms with Gasteiger partial charge >= 0.3 is 0 Å². The lowest BCUT2D eigenvalue weighted by atomic mass is 10.1. The predicted octanol–water partition coefficient (Wildman–Crippen LogP) is 4.16. The molecule has 1 unspecified atom stereocenters. The molecular weight excluding hydrogens is 418 g/mol. The lowest BCUT2D eigenvalue weighted by Crippen LogP contribution is -2.28. The van der Waals surface area contributed by atoms with Gasteiger partial charge in [0.25, 0.3) is 0 Å². The summed E-state index contributed by atoms with van der Waals surface area (Å²) >= 11 is 9.71. The number of nitrogens with zero attached hydrogens (tertiary/aromatic N) is 2. The van der Waals surface area contributed by atoms with E-state index in [2.05, 4.69) is 21.2 Å². The number of para-hydroxylation sites is 1. The summed E-state index contributed by atoms with van der Waals surface area (Å²) in [7, 11) is 3.81. The SMILES string of the molecule is CN(C)c1ccc(NC(=O)C2CC(=O)N(c3ccccc3Br)C2)cc1Cl. The molecule has 1 atom stereocenters. The van der Waals surface area contributed by atoms with Gasteiger partial charge in [-0.1, -0.05) is 23.7 Å². The predicted molar refractivity (Wildman–Crippen MR) is 109 cm³/mol. The van der Waals surface area contributed by atoms with Crippen LogP contribution in [0.5, 0.6) is 0 Å². The maximum Gasteiger partial charge on any atom is 0.229 e. The van der Waals surface area contributed by atoms with E-state index in [0.717, 1.165) is 15.8 Å². The molecular formula is C19H19BrClN3O2. The lowest BCUT2D eigenvalue weighted by Gasteiger charge is -2.18. The van der Waals surface area contributed by atoms with Crippen molar-refractivity contribution in [1.29, 1.82) is 0 Å². The van der Waals surface area contributed by atoms with E-state index in [9.17, 15) is 9.59 Å². The fraction of sp³-hybridized carbons (Fsp3) is 0.263. The van der Waals surface area contributed by atoms with Crippen molar-refractivity contribution in [2.75, 3.05) is 35.8 Å². The maximum atomic E-state index is 12.6. The first-order valence-electron chi connectivity index (χ1n) is 8.19. The van der Waals surface area contributed by atoms with Gasteiger partial charge in [0, 0.05) is 37.2 Å². The molecule has 1 heterocycles. The molecule has 0 spiro atoms. The number of carbonyl (C=O) groups is 2. The van der Waals surface area contributed by atoms with Gasteiger partial charge in [0.1, 0.15) is 0 Å². The smallest absolute Gasteiger partial charge is 0.229 e. The lowest BCUT2D eigenvalue weighted by molar-refractivity contribution is -0.122. The molecule has 1 aliphatic heterocycles. The number of rotatable bonds is 4. The Morgan fingerprint density at radius 1 is 1.27 bits per heavy atom. The van der Waals surface area contributed by atoms with E-state index < -0.39 is 5.92 Å². The van der Waals surface area contributed by atoms with Crippen LogP contribution in [0.25, 0.3) is 0 Å². The van der Waals surface area contributed by atoms with Gasteiger partial charge in [-0.3, -0.25) is 9.59 Å². The van der Waals surface area contributed by atoms with Gasteiger partial charge in [-0.2, -0.15) is 0 Å². The molecule has 0 saturated carbocycles. The van der Waals surface area contributed by atoms with Gasteiger partial charge in [-0.05, 0) is 46.3 Å². The highest BCUT2D eigenvalue weighted by Crippen LogP contribution is 2.32. The number of nitrogens with one attached hydrogen (secondary N) is 1. The van der Waals surface area contributed by atoms with E-state index in [0.29, 0.717) is 17.3 Å². The standard InChI is InChI=1S/C19H19BrClN3O2/c1-23(2)17-8-7-13(10-15(17)21)22-19(26)12-9-18(25)24(11-12)16-6-4-3-5-14(16)20/h3-8,10,12H,9,11H2,1-2H3,(H,22,26). The monoisotopic (exact) mass is 435 g/mol. The van der Waals surface area contributed by atoms with Crippen molar-refractivity contribution in [3.05, 3.63) is 52.0 Å². The Bertz CT molecular complexity index is 856. The van der Waals surface area contributed by atoms with Crippen molar-refractivity contribution in [2.24, 2.45) is 5.92 Å². The number of carbonyl (C=O) groups excluding carboxylic acids is 2. The number of halogens is 2. The number of benzene rings is 2. The van der Waals surface area contributed by atoms with Crippen molar-refractivity contribution in [3.63, 3.8) is 0 Å². The fourth-order valence-corrected chi connectivity index (χ4v) is 3.83. The second kappa shape index (κ2) is 7.68. The molecule has 3 rings (SSSR count). The zero-order valence-corrected chi connectivity index (χ0v) is 16.8. The third-order valence-corrected chi connectivity index (χ3v) is 5.31. The molecule has 1 N–H and O–H groups in total. The van der Waals surface area contributed by atoms with E-state index >= 15 is 0 Å². The zero-order valence-electron chi connectivity index (χ0n) is 14.5. The van der Waals surface area contributed by atoms with Gasteiger partial charge in [-0.25, -0.2) is 0 Å². The summed E-state index contributed by atoms with van der Waals surface area (Å²) in [6.07, 6.45) is 0.191. The van der Waals surface area contributed by atoms with Crippen LogP contribution < -0.4 is 15.1 Å². The summed E-state index contributed by atoms with van der Waals surface area (Å²) in [5, 5.41) is 3.43. The first kappa shape index (κ1) is 18.7. The fourth-order valence-electron chi connectivity index (χ4n) is 2.98. The first-order chi connectivity index (χ1) is 12.4.